The highest BCUT2D eigenvalue weighted by Crippen LogP contribution is 2.36. The quantitative estimate of drug-likeness (QED) is 0.685. The first-order valence-electron chi connectivity index (χ1n) is 11.4. The molecule has 2 aliphatic heterocycles. The lowest BCUT2D eigenvalue weighted by molar-refractivity contribution is -0.136. The number of anilines is 1. The fourth-order valence-electron chi connectivity index (χ4n) is 4.39. The lowest BCUT2D eigenvalue weighted by Crippen LogP contribution is -2.45. The van der Waals surface area contributed by atoms with E-state index < -0.39 is 11.7 Å². The van der Waals surface area contributed by atoms with Crippen LogP contribution in [0, 0.1) is 11.3 Å². The zero-order valence-electron chi connectivity index (χ0n) is 20.3. The fourth-order valence-corrected chi connectivity index (χ4v) is 4.39. The second-order valence-corrected chi connectivity index (χ2v) is 9.72. The molecular weight excluding hydrogens is 420 g/mol. The molecule has 178 valence electrons. The van der Waals surface area contributed by atoms with Crippen LogP contribution in [0.15, 0.2) is 35.1 Å². The van der Waals surface area contributed by atoms with Crippen LogP contribution in [0.25, 0.3) is 0 Å². The van der Waals surface area contributed by atoms with Gasteiger partial charge in [-0.15, -0.1) is 0 Å². The maximum Gasteiger partial charge on any atom is 0.251 e. The summed E-state index contributed by atoms with van der Waals surface area (Å²) in [5.41, 5.74) is 1.56. The van der Waals surface area contributed by atoms with Crippen LogP contribution >= 0.6 is 0 Å². The Labute approximate surface area is 195 Å². The average molecular weight is 455 g/mol. The molecule has 0 spiro atoms. The molecule has 1 saturated carbocycles. The number of hydrogen-bond donors (Lipinski definition) is 2. The van der Waals surface area contributed by atoms with Crippen molar-refractivity contribution < 1.29 is 14.3 Å². The molecule has 33 heavy (non-hydrogen) atoms. The number of likely N-dealkylation sites (N-methyl/N-ethyl adjacent to an activating group) is 1. The van der Waals surface area contributed by atoms with Gasteiger partial charge in [0.25, 0.3) is 5.91 Å². The summed E-state index contributed by atoms with van der Waals surface area (Å²) in [6.07, 6.45) is 4.03. The van der Waals surface area contributed by atoms with Gasteiger partial charge in [0, 0.05) is 46.0 Å². The van der Waals surface area contributed by atoms with E-state index in [4.69, 9.17) is 9.73 Å². The van der Waals surface area contributed by atoms with Crippen molar-refractivity contribution in [3.05, 3.63) is 35.7 Å². The summed E-state index contributed by atoms with van der Waals surface area (Å²) in [5, 5.41) is 6.06. The molecule has 2 N–H and O–H groups in total. The van der Waals surface area contributed by atoms with Crippen LogP contribution in [0.5, 0.6) is 5.75 Å². The summed E-state index contributed by atoms with van der Waals surface area (Å²) in [6, 6.07) is 5.28. The maximum atomic E-state index is 13.2. The summed E-state index contributed by atoms with van der Waals surface area (Å²) >= 11 is 0. The second-order valence-electron chi connectivity index (χ2n) is 9.72. The van der Waals surface area contributed by atoms with E-state index in [1.807, 2.05) is 45.1 Å². The van der Waals surface area contributed by atoms with Crippen molar-refractivity contribution in [2.75, 3.05) is 46.7 Å². The van der Waals surface area contributed by atoms with Crippen LogP contribution in [-0.2, 0) is 4.79 Å². The maximum absolute atomic E-state index is 13.2. The second kappa shape index (κ2) is 8.61. The van der Waals surface area contributed by atoms with Gasteiger partial charge in [-0.3, -0.25) is 9.59 Å². The molecule has 0 bridgehead atoms. The molecule has 4 rings (SSSR count). The summed E-state index contributed by atoms with van der Waals surface area (Å²) in [7, 11) is 6.93. The lowest BCUT2D eigenvalue weighted by atomic mass is 9.91. The van der Waals surface area contributed by atoms with Crippen LogP contribution in [0.4, 0.5) is 5.69 Å². The zero-order valence-corrected chi connectivity index (χ0v) is 20.3. The van der Waals surface area contributed by atoms with Gasteiger partial charge in [0.2, 0.25) is 5.91 Å². The highest BCUT2D eigenvalue weighted by atomic mass is 16.5. The molecule has 2 heterocycles. The third-order valence-electron chi connectivity index (χ3n) is 6.47. The Bertz CT molecular complexity index is 1010. The largest absolute Gasteiger partial charge is 0.495 e. The minimum atomic E-state index is -0.509. The Hall–Kier alpha value is -3.23. The van der Waals surface area contributed by atoms with Gasteiger partial charge in [0.05, 0.1) is 18.2 Å². The number of carbonyl (C=O) groups excluding carboxylic acids is 2. The van der Waals surface area contributed by atoms with E-state index in [1.54, 1.807) is 31.2 Å². The van der Waals surface area contributed by atoms with E-state index in [9.17, 15) is 9.59 Å². The Morgan fingerprint density at radius 3 is 2.64 bits per heavy atom. The van der Waals surface area contributed by atoms with E-state index in [0.29, 0.717) is 23.8 Å². The van der Waals surface area contributed by atoms with Gasteiger partial charge in [-0.05, 0) is 50.8 Å². The molecule has 1 atom stereocenters. The predicted octanol–water partition coefficient (Wildman–Crippen LogP) is 2.15. The average Bonchev–Trinajstić information content (AvgIpc) is 3.62. The predicted molar refractivity (Wildman–Crippen MR) is 128 cm³/mol. The van der Waals surface area contributed by atoms with Gasteiger partial charge in [-0.2, -0.15) is 0 Å². The summed E-state index contributed by atoms with van der Waals surface area (Å²) in [6.45, 7) is 5.54. The topological polar surface area (TPSA) is 89.5 Å². The minimum Gasteiger partial charge on any atom is -0.495 e. The van der Waals surface area contributed by atoms with E-state index >= 15 is 0 Å². The van der Waals surface area contributed by atoms with Crippen LogP contribution in [0.2, 0.25) is 0 Å². The van der Waals surface area contributed by atoms with Crippen LogP contribution in [-0.4, -0.2) is 80.0 Å². The molecule has 9 nitrogen and oxygen atoms in total. The molecule has 1 unspecified atom stereocenters. The van der Waals surface area contributed by atoms with Crippen molar-refractivity contribution in [2.24, 2.45) is 16.3 Å². The first-order valence-corrected chi connectivity index (χ1v) is 11.4. The van der Waals surface area contributed by atoms with E-state index in [1.165, 1.54) is 12.8 Å². The van der Waals surface area contributed by atoms with Gasteiger partial charge in [0.1, 0.15) is 11.4 Å². The van der Waals surface area contributed by atoms with E-state index in [0.717, 1.165) is 23.8 Å². The van der Waals surface area contributed by atoms with E-state index in [2.05, 4.69) is 15.5 Å². The minimum absolute atomic E-state index is 0.0889. The summed E-state index contributed by atoms with van der Waals surface area (Å²) in [5.74, 6) is 1.97. The third-order valence-corrected chi connectivity index (χ3v) is 6.47. The number of ether oxygens (including phenoxy) is 1. The number of amides is 2. The fraction of sp³-hybridized carbons (Fsp3) is 0.542. The molecule has 1 aromatic carbocycles. The molecule has 3 aliphatic rings. The van der Waals surface area contributed by atoms with Crippen LogP contribution in [0.1, 0.15) is 37.0 Å². The number of methoxy groups -OCH3 is 1. The Balaban J connectivity index is 1.67. The van der Waals surface area contributed by atoms with Crippen molar-refractivity contribution in [3.63, 3.8) is 0 Å². The number of hydrogen-bond acceptors (Lipinski definition) is 7. The number of nitrogens with zero attached hydrogens (tertiary/aromatic N) is 4. The van der Waals surface area contributed by atoms with Gasteiger partial charge < -0.3 is 30.1 Å². The van der Waals surface area contributed by atoms with Crippen LogP contribution in [0.3, 0.4) is 0 Å². The third kappa shape index (κ3) is 4.49. The number of aliphatic imine (C=N–C) groups is 1. The summed E-state index contributed by atoms with van der Waals surface area (Å²) < 4.78 is 5.54. The first-order chi connectivity index (χ1) is 15.6. The molecule has 9 heteroatoms. The number of carbonyl (C=O) groups is 2. The normalized spacial score (nSPS) is 22.2. The lowest BCUT2D eigenvalue weighted by Gasteiger charge is -2.36. The first kappa shape index (κ1) is 22.9. The zero-order chi connectivity index (χ0) is 23.9. The van der Waals surface area contributed by atoms with Gasteiger partial charge in [-0.1, -0.05) is 0 Å². The molecule has 2 fully saturated rings. The van der Waals surface area contributed by atoms with Crippen molar-refractivity contribution in [1.29, 1.82) is 0 Å². The van der Waals surface area contributed by atoms with Crippen molar-refractivity contribution >= 4 is 23.3 Å². The standard InChI is InChI=1S/C24H34N6O3/c1-24(2)14-30(12-15-7-8-15)20-18(29(5)22(24)32)13-28(4)23(27-20)26-17-10-9-16(21(31)25-3)11-19(17)33-6/h9-11,13,15,23,26H,7-8,12,14H2,1-6H3,(H,25,31). The van der Waals surface area contributed by atoms with Crippen LogP contribution < -0.4 is 15.4 Å². The molecule has 0 radical (unpaired) electrons. The van der Waals surface area contributed by atoms with E-state index in [-0.39, 0.29) is 11.8 Å². The molecule has 2 amide bonds. The van der Waals surface area contributed by atoms with Gasteiger partial charge in [-0.25, -0.2) is 4.99 Å². The number of amidine groups is 1. The monoisotopic (exact) mass is 454 g/mol. The molecular formula is C24H34N6O3. The molecule has 0 aromatic heterocycles. The number of rotatable bonds is 6. The number of fused-ring (bicyclic) bond motifs is 1. The Morgan fingerprint density at radius 2 is 2.00 bits per heavy atom. The van der Waals surface area contributed by atoms with Crippen molar-refractivity contribution in [1.82, 2.24) is 20.0 Å². The van der Waals surface area contributed by atoms with Crippen molar-refractivity contribution in [2.45, 2.75) is 33.0 Å². The smallest absolute Gasteiger partial charge is 0.251 e. The van der Waals surface area contributed by atoms with Crippen molar-refractivity contribution in [3.8, 4) is 5.75 Å². The highest BCUT2D eigenvalue weighted by molar-refractivity contribution is 6.04. The number of benzene rings is 1. The Kier molecular flexibility index (Phi) is 5.99. The van der Waals surface area contributed by atoms with Gasteiger partial charge >= 0.3 is 0 Å². The highest BCUT2D eigenvalue weighted by Gasteiger charge is 2.43. The Morgan fingerprint density at radius 1 is 1.27 bits per heavy atom. The molecule has 1 aromatic rings. The van der Waals surface area contributed by atoms with Gasteiger partial charge in [0.15, 0.2) is 12.1 Å². The molecule has 1 aliphatic carbocycles. The summed E-state index contributed by atoms with van der Waals surface area (Å²) in [4.78, 5) is 36.2. The number of nitrogens with one attached hydrogen (secondary N) is 2. The molecule has 1 saturated heterocycles. The SMILES string of the molecule is CNC(=O)c1ccc(NC2N=C3C(=CN2C)N(C)C(=O)C(C)(C)CN3CC2CC2)c(OC)c1.